The molecular formula is C12H19N4O6S2-. The van der Waals surface area contributed by atoms with Gasteiger partial charge in [0.25, 0.3) is 0 Å². The van der Waals surface area contributed by atoms with Crippen molar-refractivity contribution >= 4 is 39.8 Å². The molecule has 10 nitrogen and oxygen atoms in total. The van der Waals surface area contributed by atoms with E-state index in [-0.39, 0.29) is 18.2 Å². The van der Waals surface area contributed by atoms with Gasteiger partial charge in [0.15, 0.2) is 0 Å². The lowest BCUT2D eigenvalue weighted by molar-refractivity contribution is -0.138. The standard InChI is InChI=1S/C12H20N4O6S2/c1-8-13-14-10(23-8)16(24(20)21)6-5-15(7-9(17)18)11(19)22-12(2,3)4/h5-7H2,1-4H3,(H,17,18)(H,20,21)/p-1. The van der Waals surface area contributed by atoms with Gasteiger partial charge >= 0.3 is 12.1 Å². The highest BCUT2D eigenvalue weighted by atomic mass is 32.2. The van der Waals surface area contributed by atoms with Crippen molar-refractivity contribution in [1.29, 1.82) is 0 Å². The van der Waals surface area contributed by atoms with Crippen molar-refractivity contribution in [2.45, 2.75) is 33.3 Å². The van der Waals surface area contributed by atoms with E-state index in [9.17, 15) is 18.4 Å². The van der Waals surface area contributed by atoms with Crippen LogP contribution >= 0.6 is 11.3 Å². The zero-order valence-electron chi connectivity index (χ0n) is 13.7. The van der Waals surface area contributed by atoms with Crippen molar-refractivity contribution < 1.29 is 28.2 Å². The molecule has 1 aromatic heterocycles. The number of anilines is 1. The highest BCUT2D eigenvalue weighted by Gasteiger charge is 2.25. The molecule has 1 heterocycles. The van der Waals surface area contributed by atoms with E-state index >= 15 is 0 Å². The summed E-state index contributed by atoms with van der Waals surface area (Å²) in [6, 6.07) is 0. The number of nitrogens with zero attached hydrogens (tertiary/aromatic N) is 4. The van der Waals surface area contributed by atoms with Crippen LogP contribution in [0.2, 0.25) is 0 Å². The smallest absolute Gasteiger partial charge is 0.410 e. The Hall–Kier alpha value is -1.79. The SMILES string of the molecule is Cc1nnc(N(CCN(CC(=O)O)C(=O)OC(C)(C)C)S(=O)[O-])s1. The summed E-state index contributed by atoms with van der Waals surface area (Å²) in [4.78, 5) is 23.9. The molecule has 0 aliphatic carbocycles. The summed E-state index contributed by atoms with van der Waals surface area (Å²) in [7, 11) is 0. The first kappa shape index (κ1) is 20.3. The summed E-state index contributed by atoms with van der Waals surface area (Å²) in [6.07, 6.45) is -0.838. The number of carboxylic acid groups (broad SMARTS) is 1. The summed E-state index contributed by atoms with van der Waals surface area (Å²) in [6.45, 7) is 5.66. The number of hydrogen-bond acceptors (Lipinski definition) is 8. The molecule has 0 spiro atoms. The van der Waals surface area contributed by atoms with Gasteiger partial charge in [-0.25, -0.2) is 4.79 Å². The number of aryl methyl sites for hydroxylation is 1. The van der Waals surface area contributed by atoms with Crippen LogP contribution in [0.3, 0.4) is 0 Å². The van der Waals surface area contributed by atoms with E-state index in [0.717, 1.165) is 20.5 Å². The first-order chi connectivity index (χ1) is 11.0. The van der Waals surface area contributed by atoms with Crippen LogP contribution in [0.4, 0.5) is 9.93 Å². The first-order valence-corrected chi connectivity index (χ1v) is 8.71. The van der Waals surface area contributed by atoms with Gasteiger partial charge in [-0.1, -0.05) is 11.3 Å². The molecule has 1 N–H and O–H groups in total. The molecule has 0 aromatic carbocycles. The van der Waals surface area contributed by atoms with Crippen LogP contribution in [-0.4, -0.2) is 66.3 Å². The average molecular weight is 379 g/mol. The summed E-state index contributed by atoms with van der Waals surface area (Å²) in [5.74, 6) is -1.23. The van der Waals surface area contributed by atoms with Gasteiger partial charge in [-0.3, -0.25) is 18.2 Å². The van der Waals surface area contributed by atoms with Gasteiger partial charge < -0.3 is 14.4 Å². The first-order valence-electron chi connectivity index (χ1n) is 6.86. The third-order valence-corrected chi connectivity index (χ3v) is 4.15. The topological polar surface area (TPSA) is 136 Å². The van der Waals surface area contributed by atoms with Crippen molar-refractivity contribution in [2.24, 2.45) is 0 Å². The van der Waals surface area contributed by atoms with Crippen LogP contribution < -0.4 is 4.31 Å². The van der Waals surface area contributed by atoms with Crippen LogP contribution in [0.5, 0.6) is 0 Å². The molecule has 12 heteroatoms. The Labute approximate surface area is 145 Å². The number of carbonyl (C=O) groups is 2. The lowest BCUT2D eigenvalue weighted by Crippen LogP contribution is -2.44. The summed E-state index contributed by atoms with van der Waals surface area (Å²) in [5, 5.41) is 17.1. The van der Waals surface area contributed by atoms with Gasteiger partial charge in [0.05, 0.1) is 6.54 Å². The maximum absolute atomic E-state index is 12.1. The average Bonchev–Trinajstić information content (AvgIpc) is 2.81. The number of amides is 1. The molecule has 0 radical (unpaired) electrons. The van der Waals surface area contributed by atoms with Crippen molar-refractivity contribution in [3.8, 4) is 0 Å². The molecule has 1 unspecified atom stereocenters. The summed E-state index contributed by atoms with van der Waals surface area (Å²) >= 11 is -1.57. The Morgan fingerprint density at radius 2 is 1.96 bits per heavy atom. The Morgan fingerprint density at radius 3 is 2.38 bits per heavy atom. The van der Waals surface area contributed by atoms with Crippen molar-refractivity contribution in [1.82, 2.24) is 15.1 Å². The number of carboxylic acids is 1. The van der Waals surface area contributed by atoms with Gasteiger partial charge in [-0.15, -0.1) is 10.2 Å². The van der Waals surface area contributed by atoms with Crippen molar-refractivity contribution in [2.75, 3.05) is 23.9 Å². The Morgan fingerprint density at radius 1 is 1.33 bits per heavy atom. The van der Waals surface area contributed by atoms with Gasteiger partial charge in [0, 0.05) is 17.8 Å². The van der Waals surface area contributed by atoms with Crippen LogP contribution in [-0.2, 0) is 20.8 Å². The van der Waals surface area contributed by atoms with Crippen LogP contribution in [0.25, 0.3) is 0 Å². The maximum atomic E-state index is 12.1. The highest BCUT2D eigenvalue weighted by Crippen LogP contribution is 2.20. The minimum Gasteiger partial charge on any atom is -0.755 e. The normalized spacial score (nSPS) is 12.5. The van der Waals surface area contributed by atoms with Gasteiger partial charge in [-0.05, 0) is 27.7 Å². The van der Waals surface area contributed by atoms with Gasteiger partial charge in [0.2, 0.25) is 5.13 Å². The summed E-state index contributed by atoms with van der Waals surface area (Å²) < 4.78 is 28.7. The summed E-state index contributed by atoms with van der Waals surface area (Å²) in [5.41, 5.74) is -0.800. The van der Waals surface area contributed by atoms with Crippen LogP contribution in [0.15, 0.2) is 0 Å². The molecule has 1 atom stereocenters. The zero-order chi connectivity index (χ0) is 18.5. The van der Waals surface area contributed by atoms with Gasteiger partial charge in [-0.2, -0.15) is 0 Å². The molecule has 24 heavy (non-hydrogen) atoms. The van der Waals surface area contributed by atoms with E-state index in [1.165, 1.54) is 0 Å². The van der Waals surface area contributed by atoms with Crippen LogP contribution in [0.1, 0.15) is 25.8 Å². The minimum absolute atomic E-state index is 0.139. The largest absolute Gasteiger partial charge is 0.755 e. The van der Waals surface area contributed by atoms with Gasteiger partial charge in [0.1, 0.15) is 17.2 Å². The third-order valence-electron chi connectivity index (χ3n) is 2.46. The highest BCUT2D eigenvalue weighted by molar-refractivity contribution is 7.80. The molecule has 0 aliphatic rings. The number of aromatic nitrogens is 2. The van der Waals surface area contributed by atoms with E-state index in [1.807, 2.05) is 0 Å². The number of ether oxygens (including phenoxy) is 1. The molecule has 1 aromatic rings. The second-order valence-corrected chi connectivity index (χ2v) is 7.75. The number of rotatable bonds is 7. The molecular weight excluding hydrogens is 360 g/mol. The number of hydrogen-bond donors (Lipinski definition) is 1. The number of carbonyl (C=O) groups excluding carboxylic acids is 1. The van der Waals surface area contributed by atoms with E-state index in [1.54, 1.807) is 27.7 Å². The second-order valence-electron chi connectivity index (χ2n) is 5.72. The fourth-order valence-corrected chi connectivity index (χ4v) is 2.87. The third kappa shape index (κ3) is 6.76. The lowest BCUT2D eigenvalue weighted by atomic mass is 10.2. The van der Waals surface area contributed by atoms with E-state index in [0.29, 0.717) is 5.01 Å². The Bertz CT molecular complexity index is 615. The zero-order valence-corrected chi connectivity index (χ0v) is 15.3. The predicted octanol–water partition coefficient (Wildman–Crippen LogP) is 0.769. The molecule has 0 fully saturated rings. The Balaban J connectivity index is 2.83. The molecule has 0 aliphatic heterocycles. The van der Waals surface area contributed by atoms with Crippen LogP contribution in [0, 0.1) is 6.92 Å². The predicted molar refractivity (Wildman–Crippen MR) is 86.4 cm³/mol. The molecule has 136 valence electrons. The Kier molecular flexibility index (Phi) is 7.05. The van der Waals surface area contributed by atoms with Crippen molar-refractivity contribution in [3.63, 3.8) is 0 Å². The second kappa shape index (κ2) is 8.35. The van der Waals surface area contributed by atoms with E-state index in [4.69, 9.17) is 9.84 Å². The maximum Gasteiger partial charge on any atom is 0.410 e. The quantitative estimate of drug-likeness (QED) is 0.686. The fraction of sp³-hybridized carbons (Fsp3) is 0.667. The molecule has 0 bridgehead atoms. The molecule has 1 rings (SSSR count). The lowest BCUT2D eigenvalue weighted by Gasteiger charge is -2.29. The molecule has 1 amide bonds. The minimum atomic E-state index is -2.64. The van der Waals surface area contributed by atoms with Crippen molar-refractivity contribution in [3.05, 3.63) is 5.01 Å². The molecule has 0 saturated heterocycles. The van der Waals surface area contributed by atoms with E-state index in [2.05, 4.69) is 10.2 Å². The molecule has 0 saturated carbocycles. The monoisotopic (exact) mass is 379 g/mol. The van der Waals surface area contributed by atoms with E-state index < -0.39 is 35.5 Å². The number of aliphatic carboxylic acids is 1. The fourth-order valence-electron chi connectivity index (χ4n) is 1.56.